The summed E-state index contributed by atoms with van der Waals surface area (Å²) in [7, 11) is -3.79. The minimum Gasteiger partial charge on any atom is -0.458 e. The van der Waals surface area contributed by atoms with E-state index in [-0.39, 0.29) is 25.7 Å². The Morgan fingerprint density at radius 1 is 1.32 bits per heavy atom. The minimum atomic E-state index is -3.79. The first-order valence-corrected chi connectivity index (χ1v) is 10.4. The maximum Gasteiger partial charge on any atom is 0.238 e. The quantitative estimate of drug-likeness (QED) is 0.639. The number of furan rings is 1. The second-order valence-electron chi connectivity index (χ2n) is 6.84. The van der Waals surface area contributed by atoms with Crippen LogP contribution in [0.2, 0.25) is 0 Å². The summed E-state index contributed by atoms with van der Waals surface area (Å²) in [6.07, 6.45) is 3.89. The van der Waals surface area contributed by atoms with Gasteiger partial charge in [0.25, 0.3) is 0 Å². The average molecular weight is 408 g/mol. The topological polar surface area (TPSA) is 116 Å². The molecular weight excluding hydrogens is 387 g/mol. The van der Waals surface area contributed by atoms with Gasteiger partial charge in [-0.1, -0.05) is 0 Å². The average Bonchev–Trinajstić information content (AvgIpc) is 3.26. The largest absolute Gasteiger partial charge is 0.458 e. The summed E-state index contributed by atoms with van der Waals surface area (Å²) in [5, 5.41) is 7.30. The Balaban J connectivity index is 0.00000240. The monoisotopic (exact) mass is 408 g/mol. The zero-order valence-corrected chi connectivity index (χ0v) is 16.1. The van der Waals surface area contributed by atoms with Crippen LogP contribution in [0.15, 0.2) is 28.9 Å². The first kappa shape index (κ1) is 18.5. The Bertz CT molecular complexity index is 1090. The summed E-state index contributed by atoms with van der Waals surface area (Å²) in [6.45, 7) is 3.35. The molecule has 1 aliphatic carbocycles. The van der Waals surface area contributed by atoms with Gasteiger partial charge in [0, 0.05) is 13.9 Å². The molecule has 0 unspecified atom stereocenters. The Morgan fingerprint density at radius 2 is 2.04 bits per heavy atom. The fraction of sp³-hybridized carbons (Fsp3) is 0.412. The van der Waals surface area contributed by atoms with Crippen LogP contribution in [0, 0.1) is 12.7 Å². The maximum absolute atomic E-state index is 12.9. The first-order valence-electron chi connectivity index (χ1n) is 8.83. The molecule has 0 amide bonds. The van der Waals surface area contributed by atoms with Crippen molar-refractivity contribution in [3.8, 4) is 11.6 Å². The molecular formula is C17H21FN6O3S. The van der Waals surface area contributed by atoms with Gasteiger partial charge >= 0.3 is 0 Å². The number of hydrogen-bond acceptors (Lipinski definition) is 7. The van der Waals surface area contributed by atoms with Gasteiger partial charge in [0.05, 0.1) is 17.6 Å². The van der Waals surface area contributed by atoms with Crippen LogP contribution in [-0.2, 0) is 16.4 Å². The van der Waals surface area contributed by atoms with Gasteiger partial charge in [0.2, 0.25) is 21.8 Å². The van der Waals surface area contributed by atoms with E-state index in [0.717, 1.165) is 31.0 Å². The summed E-state index contributed by atoms with van der Waals surface area (Å²) in [4.78, 5) is 7.63. The van der Waals surface area contributed by atoms with Crippen molar-refractivity contribution in [2.45, 2.75) is 44.4 Å². The third-order valence-corrected chi connectivity index (χ3v) is 6.17. The lowest BCUT2D eigenvalue weighted by molar-refractivity contribution is 0.538. The Hall–Kier alpha value is -2.82. The second kappa shape index (κ2) is 6.97. The summed E-state index contributed by atoms with van der Waals surface area (Å²) in [5.74, 6) is 1.58. The maximum atomic E-state index is 12.9. The number of sulfonamides is 1. The van der Waals surface area contributed by atoms with E-state index in [9.17, 15) is 12.8 Å². The molecule has 0 aromatic carbocycles. The molecule has 4 rings (SSSR count). The molecule has 3 aromatic heterocycles. The molecule has 0 radical (unpaired) electrons. The summed E-state index contributed by atoms with van der Waals surface area (Å²) in [5.41, 5.74) is 0. The predicted molar refractivity (Wildman–Crippen MR) is 101 cm³/mol. The van der Waals surface area contributed by atoms with Crippen LogP contribution in [-0.4, -0.2) is 38.4 Å². The second-order valence-corrected chi connectivity index (χ2v) is 8.94. The molecule has 11 heteroatoms. The first-order chi connectivity index (χ1) is 13.3. The van der Waals surface area contributed by atoms with Crippen LogP contribution >= 0.6 is 0 Å². The van der Waals surface area contributed by atoms with Crippen molar-refractivity contribution in [2.24, 2.45) is 0 Å². The Labute approximate surface area is 162 Å². The predicted octanol–water partition coefficient (Wildman–Crippen LogP) is 2.73. The lowest BCUT2D eigenvalue weighted by Gasteiger charge is -2.14. The number of rotatable bonds is 7. The summed E-state index contributed by atoms with van der Waals surface area (Å²) in [6, 6.07) is 3.73. The van der Waals surface area contributed by atoms with E-state index in [1.54, 1.807) is 10.6 Å². The van der Waals surface area contributed by atoms with Crippen LogP contribution in [0.3, 0.4) is 0 Å². The number of aryl methyl sites for hydroxylation is 1. The standard InChI is InChI=1S/C17H19FN6O3S.H2/c1-10-3-6-14(27-10)16-21-22-17(24(16)13-4-5-13)23-28(25,26)11(2)7-15-19-8-12(18)9-20-15;/h3,6,8-9,11,13H,4-5,7H2,1-2H3,(H,22,23);1H/t11-;/m0./s1. The van der Waals surface area contributed by atoms with Gasteiger partial charge in [0.15, 0.2) is 11.6 Å². The van der Waals surface area contributed by atoms with E-state index in [4.69, 9.17) is 4.42 Å². The molecule has 3 aromatic rings. The third-order valence-electron chi connectivity index (χ3n) is 4.48. The minimum absolute atomic E-state index is 0. The van der Waals surface area contributed by atoms with Gasteiger partial charge in [-0.05, 0) is 38.8 Å². The van der Waals surface area contributed by atoms with Crippen LogP contribution in [0.1, 0.15) is 38.8 Å². The van der Waals surface area contributed by atoms with E-state index >= 15 is 0 Å². The Morgan fingerprint density at radius 3 is 2.64 bits per heavy atom. The highest BCUT2D eigenvalue weighted by atomic mass is 32.2. The van der Waals surface area contributed by atoms with Gasteiger partial charge in [-0.15, -0.1) is 10.2 Å². The van der Waals surface area contributed by atoms with Crippen molar-refractivity contribution >= 4 is 16.0 Å². The number of aromatic nitrogens is 5. The summed E-state index contributed by atoms with van der Waals surface area (Å²) >= 11 is 0. The number of nitrogens with zero attached hydrogens (tertiary/aromatic N) is 5. The molecule has 3 heterocycles. The Kier molecular flexibility index (Phi) is 4.61. The van der Waals surface area contributed by atoms with Gasteiger partial charge in [0.1, 0.15) is 11.6 Å². The molecule has 0 bridgehead atoms. The van der Waals surface area contributed by atoms with E-state index in [2.05, 4.69) is 24.9 Å². The smallest absolute Gasteiger partial charge is 0.238 e. The van der Waals surface area contributed by atoms with Crippen LogP contribution < -0.4 is 4.72 Å². The van der Waals surface area contributed by atoms with Crippen molar-refractivity contribution in [3.05, 3.63) is 41.9 Å². The number of nitrogens with one attached hydrogen (secondary N) is 1. The molecule has 0 spiro atoms. The molecule has 1 fully saturated rings. The van der Waals surface area contributed by atoms with Crippen molar-refractivity contribution in [1.82, 2.24) is 24.7 Å². The molecule has 1 N–H and O–H groups in total. The molecule has 1 atom stereocenters. The highest BCUT2D eigenvalue weighted by Gasteiger charge is 2.33. The van der Waals surface area contributed by atoms with Crippen molar-refractivity contribution in [2.75, 3.05) is 4.72 Å². The van der Waals surface area contributed by atoms with E-state index in [0.29, 0.717) is 11.6 Å². The molecule has 150 valence electrons. The van der Waals surface area contributed by atoms with E-state index < -0.39 is 21.1 Å². The third kappa shape index (κ3) is 3.75. The lowest BCUT2D eigenvalue weighted by Crippen LogP contribution is -2.29. The van der Waals surface area contributed by atoms with Crippen LogP contribution in [0.4, 0.5) is 10.3 Å². The van der Waals surface area contributed by atoms with E-state index in [1.165, 1.54) is 6.92 Å². The molecule has 28 heavy (non-hydrogen) atoms. The normalized spacial score (nSPS) is 15.5. The highest BCUT2D eigenvalue weighted by molar-refractivity contribution is 7.93. The van der Waals surface area contributed by atoms with Crippen molar-refractivity contribution in [1.29, 1.82) is 0 Å². The fourth-order valence-electron chi connectivity index (χ4n) is 2.80. The number of anilines is 1. The lowest BCUT2D eigenvalue weighted by atomic mass is 10.3. The van der Waals surface area contributed by atoms with Gasteiger partial charge < -0.3 is 4.42 Å². The van der Waals surface area contributed by atoms with Gasteiger partial charge in [-0.25, -0.2) is 22.8 Å². The zero-order valence-electron chi connectivity index (χ0n) is 15.3. The molecule has 1 aliphatic rings. The van der Waals surface area contributed by atoms with E-state index in [1.807, 2.05) is 13.0 Å². The van der Waals surface area contributed by atoms with Crippen molar-refractivity contribution < 1.29 is 18.7 Å². The zero-order chi connectivity index (χ0) is 19.9. The van der Waals surface area contributed by atoms with Gasteiger partial charge in [-0.3, -0.25) is 9.29 Å². The van der Waals surface area contributed by atoms with Gasteiger partial charge in [-0.2, -0.15) is 0 Å². The van der Waals surface area contributed by atoms with Crippen molar-refractivity contribution in [3.63, 3.8) is 0 Å². The molecule has 9 nitrogen and oxygen atoms in total. The SMILES string of the molecule is Cc1ccc(-c2nnc(NS(=O)(=O)[C@@H](C)Cc3ncc(F)cn3)n2C2CC2)o1.[HH]. The highest BCUT2D eigenvalue weighted by Crippen LogP contribution is 2.40. The molecule has 1 saturated carbocycles. The fourth-order valence-corrected chi connectivity index (χ4v) is 3.76. The van der Waals surface area contributed by atoms with Crippen LogP contribution in [0.5, 0.6) is 0 Å². The summed E-state index contributed by atoms with van der Waals surface area (Å²) < 4.78 is 48.4. The number of hydrogen-bond donors (Lipinski definition) is 1. The van der Waals surface area contributed by atoms with Crippen LogP contribution in [0.25, 0.3) is 11.6 Å². The molecule has 0 saturated heterocycles. The number of halogens is 1. The molecule has 0 aliphatic heterocycles.